The summed E-state index contributed by atoms with van der Waals surface area (Å²) >= 11 is 0. The first kappa shape index (κ1) is 20.2. The lowest BCUT2D eigenvalue weighted by molar-refractivity contribution is -0.149. The summed E-state index contributed by atoms with van der Waals surface area (Å²) in [5.74, 6) is -5.53. The number of carbonyl (C=O) groups excluding carboxylic acids is 1. The van der Waals surface area contributed by atoms with E-state index in [4.69, 9.17) is 4.74 Å². The van der Waals surface area contributed by atoms with Crippen molar-refractivity contribution in [2.24, 2.45) is 15.6 Å². The number of rotatable bonds is 8. The molecule has 0 heterocycles. The largest absolute Gasteiger partial charge is 0.763 e. The summed E-state index contributed by atoms with van der Waals surface area (Å²) in [6, 6.07) is 0. The molecular formula is C10H18F2NO6S2-. The summed E-state index contributed by atoms with van der Waals surface area (Å²) in [5, 5.41) is 0. The highest BCUT2D eigenvalue weighted by atomic mass is 32.3. The number of nitrogens with zero attached hydrogens (tertiary/aromatic N) is 1. The van der Waals surface area contributed by atoms with Gasteiger partial charge in [0.25, 0.3) is 0 Å². The predicted octanol–water partition coefficient (Wildman–Crippen LogP) is 1.36. The van der Waals surface area contributed by atoms with E-state index in [2.05, 4.69) is 3.77 Å². The van der Waals surface area contributed by atoms with Crippen molar-refractivity contribution in [1.82, 2.24) is 0 Å². The van der Waals surface area contributed by atoms with Gasteiger partial charge in [0.05, 0.1) is 12.5 Å². The predicted molar refractivity (Wildman–Crippen MR) is 70.7 cm³/mol. The number of halogens is 2. The molecule has 2 atom stereocenters. The van der Waals surface area contributed by atoms with E-state index in [9.17, 15) is 30.8 Å². The minimum absolute atomic E-state index is 0.0485. The Bertz CT molecular complexity index is 566. The second kappa shape index (κ2) is 7.99. The normalized spacial score (nSPS) is 16.6. The van der Waals surface area contributed by atoms with Gasteiger partial charge in [-0.3, -0.25) is 9.00 Å². The number of hydrogen-bond acceptors (Lipinski definition) is 6. The Balaban J connectivity index is 4.46. The van der Waals surface area contributed by atoms with Crippen LogP contribution >= 0.6 is 0 Å². The Morgan fingerprint density at radius 2 is 1.76 bits per heavy atom. The molecule has 0 saturated heterocycles. The average Bonchev–Trinajstić information content (AvgIpc) is 2.31. The fourth-order valence-corrected chi connectivity index (χ4v) is 3.35. The highest BCUT2D eigenvalue weighted by molar-refractivity contribution is 8.00. The summed E-state index contributed by atoms with van der Waals surface area (Å²) in [6.07, 6.45) is -0.235. The van der Waals surface area contributed by atoms with Gasteiger partial charge in [-0.1, -0.05) is 20.8 Å². The molecule has 2 unspecified atom stereocenters. The summed E-state index contributed by atoms with van der Waals surface area (Å²) in [7, 11) is -9.89. The lowest BCUT2D eigenvalue weighted by atomic mass is 9.99. The molecule has 0 spiro atoms. The average molecular weight is 350 g/mol. The van der Waals surface area contributed by atoms with E-state index in [1.54, 1.807) is 6.92 Å². The Hall–Kier alpha value is -0.810. The van der Waals surface area contributed by atoms with Gasteiger partial charge >= 0.3 is 21.8 Å². The molecule has 0 fully saturated rings. The lowest BCUT2D eigenvalue weighted by Gasteiger charge is -2.16. The van der Waals surface area contributed by atoms with Crippen molar-refractivity contribution < 1.29 is 35.5 Å². The number of sulfonamides is 1. The maximum absolute atomic E-state index is 12.0. The van der Waals surface area contributed by atoms with Crippen LogP contribution in [0.3, 0.4) is 0 Å². The van der Waals surface area contributed by atoms with E-state index < -0.39 is 37.5 Å². The van der Waals surface area contributed by atoms with Gasteiger partial charge in [0.2, 0.25) is 0 Å². The van der Waals surface area contributed by atoms with Crippen molar-refractivity contribution in [3.63, 3.8) is 0 Å². The smallest absolute Gasteiger partial charge is 0.357 e. The van der Waals surface area contributed by atoms with Gasteiger partial charge in [-0.15, -0.1) is 3.77 Å². The molecule has 0 aliphatic carbocycles. The fourth-order valence-electron chi connectivity index (χ4n) is 1.05. The van der Waals surface area contributed by atoms with Crippen LogP contribution in [0.2, 0.25) is 0 Å². The Morgan fingerprint density at radius 1 is 1.24 bits per heavy atom. The van der Waals surface area contributed by atoms with Crippen LogP contribution in [0.4, 0.5) is 8.78 Å². The molecule has 0 rings (SSSR count). The molecule has 7 nitrogen and oxygen atoms in total. The maximum atomic E-state index is 12.0. The lowest BCUT2D eigenvalue weighted by Crippen LogP contribution is -2.21. The second-order valence-electron chi connectivity index (χ2n) is 4.69. The highest BCUT2D eigenvalue weighted by Gasteiger charge is 2.24. The van der Waals surface area contributed by atoms with Crippen molar-refractivity contribution in [3.05, 3.63) is 0 Å². The third kappa shape index (κ3) is 7.67. The zero-order valence-electron chi connectivity index (χ0n) is 11.8. The third-order valence-corrected chi connectivity index (χ3v) is 5.60. The van der Waals surface area contributed by atoms with Gasteiger partial charge in [0, 0.05) is 15.8 Å². The van der Waals surface area contributed by atoms with Gasteiger partial charge in [-0.2, -0.15) is 17.2 Å². The molecule has 0 saturated carbocycles. The van der Waals surface area contributed by atoms with Crippen LogP contribution in [-0.2, 0) is 29.6 Å². The monoisotopic (exact) mass is 350 g/mol. The molecule has 0 aromatic carbocycles. The number of hydrogen-bond donors (Lipinski definition) is 0. The number of ether oxygens (including phenoxy) is 1. The first-order valence-corrected chi connectivity index (χ1v) is 9.16. The van der Waals surface area contributed by atoms with Crippen LogP contribution in [0.25, 0.3) is 0 Å². The van der Waals surface area contributed by atoms with E-state index in [0.29, 0.717) is 0 Å². The molecule has 21 heavy (non-hydrogen) atoms. The molecule has 0 aliphatic heterocycles. The Morgan fingerprint density at radius 3 is 2.19 bits per heavy atom. The van der Waals surface area contributed by atoms with Gasteiger partial charge in [-0.05, 0) is 12.3 Å². The van der Waals surface area contributed by atoms with Gasteiger partial charge < -0.3 is 9.29 Å². The first-order valence-electron chi connectivity index (χ1n) is 6.04. The standard InChI is InChI=1S/C10H19F2NO6S2/c1-7(2)8(3)9(14)19-5-4-6-20(15,16)13-21(17,18)10(11)12/h7-8,10H,4-6H2,1-3H3,(H,13,15,16)/p-1. The molecule has 0 N–H and O–H groups in total. The molecule has 0 amide bonds. The molecule has 0 bridgehead atoms. The minimum atomic E-state index is -5.34. The van der Waals surface area contributed by atoms with Gasteiger partial charge in [0.1, 0.15) is 0 Å². The van der Waals surface area contributed by atoms with Crippen molar-refractivity contribution in [1.29, 1.82) is 0 Å². The highest BCUT2D eigenvalue weighted by Crippen LogP contribution is 2.12. The molecule has 126 valence electrons. The molecule has 0 aliphatic rings. The summed E-state index contributed by atoms with van der Waals surface area (Å²) < 4.78 is 74.7. The zero-order valence-corrected chi connectivity index (χ0v) is 13.5. The van der Waals surface area contributed by atoms with E-state index in [-0.39, 0.29) is 24.9 Å². The van der Waals surface area contributed by atoms with Crippen LogP contribution in [0, 0.1) is 11.8 Å². The van der Waals surface area contributed by atoms with Gasteiger partial charge in [0.15, 0.2) is 0 Å². The molecule has 0 radical (unpaired) electrons. The Kier molecular flexibility index (Phi) is 7.68. The Labute approximate surface area is 123 Å². The first-order chi connectivity index (χ1) is 9.39. The third-order valence-electron chi connectivity index (χ3n) is 2.61. The second-order valence-corrected chi connectivity index (χ2v) is 8.24. The maximum Gasteiger partial charge on any atom is 0.357 e. The zero-order chi connectivity index (χ0) is 16.8. The van der Waals surface area contributed by atoms with Crippen molar-refractivity contribution in [3.8, 4) is 0 Å². The quantitative estimate of drug-likeness (QED) is 0.482. The van der Waals surface area contributed by atoms with Crippen molar-refractivity contribution in [2.75, 3.05) is 12.4 Å². The minimum Gasteiger partial charge on any atom is -0.763 e. The van der Waals surface area contributed by atoms with Crippen LogP contribution in [0.5, 0.6) is 0 Å². The van der Waals surface area contributed by atoms with Crippen molar-refractivity contribution in [2.45, 2.75) is 32.9 Å². The van der Waals surface area contributed by atoms with E-state index in [1.165, 1.54) is 0 Å². The van der Waals surface area contributed by atoms with Crippen LogP contribution in [0.1, 0.15) is 27.2 Å². The summed E-state index contributed by atoms with van der Waals surface area (Å²) in [4.78, 5) is 11.4. The summed E-state index contributed by atoms with van der Waals surface area (Å²) in [5.41, 5.74) is 0. The fraction of sp³-hybridized carbons (Fsp3) is 0.900. The van der Waals surface area contributed by atoms with Crippen LogP contribution in [-0.4, -0.2) is 41.3 Å². The molecule has 11 heteroatoms. The molecule has 0 aromatic rings. The molecule has 0 aromatic heterocycles. The van der Waals surface area contributed by atoms with Crippen LogP contribution in [0.15, 0.2) is 3.77 Å². The van der Waals surface area contributed by atoms with E-state index in [1.807, 2.05) is 13.8 Å². The number of esters is 1. The van der Waals surface area contributed by atoms with Gasteiger partial charge in [-0.25, -0.2) is 0 Å². The number of alkyl halides is 2. The summed E-state index contributed by atoms with van der Waals surface area (Å²) in [6.45, 7) is 5.00. The van der Waals surface area contributed by atoms with E-state index >= 15 is 0 Å². The SMILES string of the molecule is CC(C)C(C)C(=O)OCCCS(=O)([O-])=NS(=O)(=O)C(F)F. The van der Waals surface area contributed by atoms with E-state index in [0.717, 1.165) is 0 Å². The van der Waals surface area contributed by atoms with Crippen LogP contribution < -0.4 is 0 Å². The topological polar surface area (TPSA) is 113 Å². The molecular weight excluding hydrogens is 332 g/mol. The van der Waals surface area contributed by atoms with Crippen molar-refractivity contribution >= 4 is 26.0 Å². The number of carbonyl (C=O) groups is 1.